The molecular formula is C30H58O5. The Bertz CT molecular complexity index is 437. The second kappa shape index (κ2) is 25.9. The van der Waals surface area contributed by atoms with Gasteiger partial charge in [0.05, 0.1) is 0 Å². The first-order valence-electron chi connectivity index (χ1n) is 14.7. The molecular weight excluding hydrogens is 440 g/mol. The van der Waals surface area contributed by atoms with E-state index in [1.165, 1.54) is 103 Å². The summed E-state index contributed by atoms with van der Waals surface area (Å²) < 4.78 is 15.8. The minimum absolute atomic E-state index is 0.0688. The van der Waals surface area contributed by atoms with Crippen molar-refractivity contribution in [2.24, 2.45) is 0 Å². The number of hydrogen-bond acceptors (Lipinski definition) is 5. The van der Waals surface area contributed by atoms with E-state index in [9.17, 15) is 10.2 Å². The number of rotatable bonds is 28. The summed E-state index contributed by atoms with van der Waals surface area (Å²) in [5.74, 6) is -0.138. The highest BCUT2D eigenvalue weighted by Crippen LogP contribution is 2.17. The molecule has 2 atom stereocenters. The van der Waals surface area contributed by atoms with Crippen LogP contribution < -0.4 is 0 Å². The normalized spacial score (nSPS) is 12.8. The Morgan fingerprint density at radius 2 is 0.743 bits per heavy atom. The standard InChI is InChI=1S/C30H58O5/c1-5-7-9-11-13-15-17-19-21-23-25-29(31)34-27(3)33-28(4)35-30(32)26-24-22-20-18-16-14-12-10-8-6-2/h29-32H,3-26H2,1-2H3. The number of unbranched alkanes of at least 4 members (excludes halogenated alkanes) is 18. The lowest BCUT2D eigenvalue weighted by Gasteiger charge is -2.18. The third-order valence-corrected chi connectivity index (χ3v) is 6.37. The Labute approximate surface area is 217 Å². The minimum Gasteiger partial charge on any atom is -0.436 e. The van der Waals surface area contributed by atoms with E-state index in [1.54, 1.807) is 0 Å². The summed E-state index contributed by atoms with van der Waals surface area (Å²) in [6.07, 6.45) is 24.1. The molecule has 5 nitrogen and oxygen atoms in total. The molecule has 0 radical (unpaired) electrons. The fourth-order valence-electron chi connectivity index (χ4n) is 4.21. The van der Waals surface area contributed by atoms with E-state index in [1.807, 2.05) is 0 Å². The maximum Gasteiger partial charge on any atom is 0.281 e. The molecule has 0 rings (SSSR count). The van der Waals surface area contributed by atoms with Crippen LogP contribution in [0.15, 0.2) is 25.0 Å². The molecule has 35 heavy (non-hydrogen) atoms. The predicted molar refractivity (Wildman–Crippen MR) is 146 cm³/mol. The largest absolute Gasteiger partial charge is 0.436 e. The fraction of sp³-hybridized carbons (Fsp3) is 0.867. The van der Waals surface area contributed by atoms with Gasteiger partial charge < -0.3 is 24.4 Å². The molecule has 0 bridgehead atoms. The van der Waals surface area contributed by atoms with Crippen molar-refractivity contribution in [1.29, 1.82) is 0 Å². The molecule has 0 aliphatic rings. The van der Waals surface area contributed by atoms with E-state index in [0.29, 0.717) is 12.8 Å². The minimum atomic E-state index is -0.957. The summed E-state index contributed by atoms with van der Waals surface area (Å²) in [6.45, 7) is 11.8. The van der Waals surface area contributed by atoms with Crippen LogP contribution in [0.4, 0.5) is 0 Å². The van der Waals surface area contributed by atoms with Crippen LogP contribution in [0, 0.1) is 0 Å². The summed E-state index contributed by atoms with van der Waals surface area (Å²) in [4.78, 5) is 0. The van der Waals surface area contributed by atoms with Crippen LogP contribution in [-0.4, -0.2) is 22.8 Å². The van der Waals surface area contributed by atoms with Crippen molar-refractivity contribution in [3.05, 3.63) is 25.0 Å². The highest BCUT2D eigenvalue weighted by atomic mass is 16.8. The van der Waals surface area contributed by atoms with E-state index in [-0.39, 0.29) is 11.9 Å². The molecule has 0 heterocycles. The van der Waals surface area contributed by atoms with E-state index >= 15 is 0 Å². The average molecular weight is 499 g/mol. The van der Waals surface area contributed by atoms with Crippen LogP contribution in [0.2, 0.25) is 0 Å². The highest BCUT2D eigenvalue weighted by Gasteiger charge is 2.12. The van der Waals surface area contributed by atoms with Crippen LogP contribution in [0.25, 0.3) is 0 Å². The van der Waals surface area contributed by atoms with Crippen LogP contribution in [0.1, 0.15) is 155 Å². The second-order valence-electron chi connectivity index (χ2n) is 9.93. The maximum absolute atomic E-state index is 10.0. The first kappa shape index (κ1) is 33.8. The van der Waals surface area contributed by atoms with Crippen molar-refractivity contribution >= 4 is 0 Å². The maximum atomic E-state index is 10.0. The molecule has 0 aromatic rings. The molecule has 208 valence electrons. The Morgan fingerprint density at radius 3 is 1.03 bits per heavy atom. The molecule has 2 unspecified atom stereocenters. The summed E-state index contributed by atoms with van der Waals surface area (Å²) in [5.41, 5.74) is 0. The molecule has 0 aromatic heterocycles. The van der Waals surface area contributed by atoms with Crippen molar-refractivity contribution in [2.75, 3.05) is 0 Å². The topological polar surface area (TPSA) is 68.2 Å². The lowest BCUT2D eigenvalue weighted by Crippen LogP contribution is -2.15. The second-order valence-corrected chi connectivity index (χ2v) is 9.93. The van der Waals surface area contributed by atoms with Gasteiger partial charge in [0.25, 0.3) is 11.9 Å². The quantitative estimate of drug-likeness (QED) is 0.0639. The van der Waals surface area contributed by atoms with Gasteiger partial charge in [-0.15, -0.1) is 0 Å². The lowest BCUT2D eigenvalue weighted by atomic mass is 10.1. The zero-order chi connectivity index (χ0) is 26.0. The van der Waals surface area contributed by atoms with Crippen LogP contribution in [0.3, 0.4) is 0 Å². The van der Waals surface area contributed by atoms with Crippen molar-refractivity contribution in [3.8, 4) is 0 Å². The molecule has 0 saturated carbocycles. The van der Waals surface area contributed by atoms with E-state index in [0.717, 1.165) is 25.7 Å². The summed E-state index contributed by atoms with van der Waals surface area (Å²) in [6, 6.07) is 0. The zero-order valence-electron chi connectivity index (χ0n) is 23.2. The van der Waals surface area contributed by atoms with Gasteiger partial charge in [0.15, 0.2) is 0 Å². The van der Waals surface area contributed by atoms with Gasteiger partial charge in [-0.05, 0) is 26.0 Å². The van der Waals surface area contributed by atoms with Gasteiger partial charge in [0, 0.05) is 12.8 Å². The zero-order valence-corrected chi connectivity index (χ0v) is 23.2. The van der Waals surface area contributed by atoms with Gasteiger partial charge in [-0.1, -0.05) is 129 Å². The molecule has 0 fully saturated rings. The SMILES string of the molecule is C=C(OC(=C)OC(O)CCCCCCCCCCCC)OC(O)CCCCCCCCCCCC. The molecule has 2 N–H and O–H groups in total. The van der Waals surface area contributed by atoms with Crippen molar-refractivity contribution in [2.45, 2.75) is 168 Å². The first-order valence-corrected chi connectivity index (χ1v) is 14.7. The summed E-state index contributed by atoms with van der Waals surface area (Å²) in [7, 11) is 0. The molecule has 0 spiro atoms. The van der Waals surface area contributed by atoms with E-state index < -0.39 is 12.6 Å². The van der Waals surface area contributed by atoms with Gasteiger partial charge >= 0.3 is 0 Å². The van der Waals surface area contributed by atoms with Crippen molar-refractivity contribution in [1.82, 2.24) is 0 Å². The van der Waals surface area contributed by atoms with E-state index in [2.05, 4.69) is 27.0 Å². The number of aliphatic hydroxyl groups is 2. The summed E-state index contributed by atoms with van der Waals surface area (Å²) in [5, 5.41) is 20.0. The highest BCUT2D eigenvalue weighted by molar-refractivity contribution is 4.80. The first-order chi connectivity index (χ1) is 17.0. The lowest BCUT2D eigenvalue weighted by molar-refractivity contribution is -0.150. The number of hydrogen-bond donors (Lipinski definition) is 2. The Morgan fingerprint density at radius 1 is 0.486 bits per heavy atom. The molecule has 0 aromatic carbocycles. The van der Waals surface area contributed by atoms with Crippen LogP contribution >= 0.6 is 0 Å². The van der Waals surface area contributed by atoms with Crippen molar-refractivity contribution < 1.29 is 24.4 Å². The van der Waals surface area contributed by atoms with Crippen molar-refractivity contribution in [3.63, 3.8) is 0 Å². The van der Waals surface area contributed by atoms with Crippen LogP contribution in [0.5, 0.6) is 0 Å². The van der Waals surface area contributed by atoms with Gasteiger partial charge in [0.1, 0.15) is 0 Å². The van der Waals surface area contributed by atoms with Crippen LogP contribution in [-0.2, 0) is 14.2 Å². The molecule has 5 heteroatoms. The smallest absolute Gasteiger partial charge is 0.281 e. The third-order valence-electron chi connectivity index (χ3n) is 6.37. The molecule has 0 aliphatic heterocycles. The fourth-order valence-corrected chi connectivity index (χ4v) is 4.21. The Balaban J connectivity index is 3.59. The Kier molecular flexibility index (Phi) is 25.0. The molecule has 0 aliphatic carbocycles. The van der Waals surface area contributed by atoms with Gasteiger partial charge in [-0.2, -0.15) is 0 Å². The third kappa shape index (κ3) is 25.7. The van der Waals surface area contributed by atoms with Gasteiger partial charge in [0.2, 0.25) is 12.6 Å². The molecule has 0 saturated heterocycles. The number of aliphatic hydroxyl groups excluding tert-OH is 2. The molecule has 0 amide bonds. The van der Waals surface area contributed by atoms with Gasteiger partial charge in [-0.3, -0.25) is 0 Å². The summed E-state index contributed by atoms with van der Waals surface area (Å²) >= 11 is 0. The number of ether oxygens (including phenoxy) is 3. The average Bonchev–Trinajstić information content (AvgIpc) is 2.81. The monoisotopic (exact) mass is 498 g/mol. The van der Waals surface area contributed by atoms with Gasteiger partial charge in [-0.25, -0.2) is 0 Å². The predicted octanol–water partition coefficient (Wildman–Crippen LogP) is 9.24. The Hall–Kier alpha value is -1.20. The van der Waals surface area contributed by atoms with E-state index in [4.69, 9.17) is 14.2 Å².